The maximum absolute atomic E-state index is 13.7. The number of halogens is 4. The van der Waals surface area contributed by atoms with Gasteiger partial charge >= 0.3 is 0 Å². The molecule has 1 aromatic rings. The zero-order valence-corrected chi connectivity index (χ0v) is 23.1. The molecule has 0 bridgehead atoms. The van der Waals surface area contributed by atoms with Crippen molar-refractivity contribution in [3.8, 4) is 11.5 Å². The van der Waals surface area contributed by atoms with Crippen LogP contribution in [-0.4, -0.2) is 67.4 Å². The van der Waals surface area contributed by atoms with Gasteiger partial charge in [0.05, 0.1) is 29.4 Å². The lowest BCUT2D eigenvalue weighted by molar-refractivity contribution is -0.141. The van der Waals surface area contributed by atoms with Crippen molar-refractivity contribution in [3.05, 3.63) is 34.4 Å². The van der Waals surface area contributed by atoms with Crippen LogP contribution < -0.4 is 4.74 Å². The van der Waals surface area contributed by atoms with E-state index in [0.717, 1.165) is 4.90 Å². The van der Waals surface area contributed by atoms with Crippen LogP contribution in [0.5, 0.6) is 11.5 Å². The Morgan fingerprint density at radius 3 is 2.42 bits per heavy atom. The van der Waals surface area contributed by atoms with Crippen molar-refractivity contribution in [2.45, 2.75) is 35.4 Å². The molecule has 4 aliphatic rings. The van der Waals surface area contributed by atoms with E-state index in [2.05, 4.69) is 15.9 Å². The molecule has 1 aromatic carbocycles. The number of methoxy groups -OCH3 is 1. The molecule has 8 nitrogen and oxygen atoms in total. The van der Waals surface area contributed by atoms with Gasteiger partial charge in [-0.2, -0.15) is 0 Å². The van der Waals surface area contributed by atoms with Crippen LogP contribution >= 0.6 is 50.7 Å². The van der Waals surface area contributed by atoms with Crippen molar-refractivity contribution >= 4 is 74.4 Å². The zero-order valence-electron chi connectivity index (χ0n) is 19.3. The molecule has 192 valence electrons. The number of phenols is 1. The summed E-state index contributed by atoms with van der Waals surface area (Å²) in [6, 6.07) is 2.95. The number of benzene rings is 1. The highest BCUT2D eigenvalue weighted by molar-refractivity contribution is 9.09. The first-order valence-electron chi connectivity index (χ1n) is 11.4. The van der Waals surface area contributed by atoms with Crippen molar-refractivity contribution < 1.29 is 29.0 Å². The van der Waals surface area contributed by atoms with Crippen LogP contribution in [-0.2, 0) is 19.2 Å². The largest absolute Gasteiger partial charge is 0.503 e. The lowest BCUT2D eigenvalue weighted by atomic mass is 9.56. The van der Waals surface area contributed by atoms with Gasteiger partial charge in [-0.15, -0.1) is 23.2 Å². The van der Waals surface area contributed by atoms with E-state index >= 15 is 0 Å². The number of amides is 4. The third-order valence-electron chi connectivity index (χ3n) is 8.03. The number of carbonyl (C=O) groups is 4. The number of hydrogen-bond donors (Lipinski definition) is 1. The van der Waals surface area contributed by atoms with Crippen LogP contribution in [0.4, 0.5) is 0 Å². The van der Waals surface area contributed by atoms with Gasteiger partial charge in [0.2, 0.25) is 11.8 Å². The highest BCUT2D eigenvalue weighted by Gasteiger charge is 2.76. The number of alkyl halides is 3. The average molecular weight is 621 g/mol. The van der Waals surface area contributed by atoms with Crippen molar-refractivity contribution in [2.24, 2.45) is 17.8 Å². The molecule has 4 amide bonds. The number of ether oxygens (including phenoxy) is 1. The summed E-state index contributed by atoms with van der Waals surface area (Å²) < 4.78 is 5.28. The molecule has 36 heavy (non-hydrogen) atoms. The van der Waals surface area contributed by atoms with E-state index in [1.54, 1.807) is 6.92 Å². The van der Waals surface area contributed by atoms with Crippen LogP contribution in [0.1, 0.15) is 31.2 Å². The fourth-order valence-corrected chi connectivity index (χ4v) is 8.06. The highest BCUT2D eigenvalue weighted by Crippen LogP contribution is 2.66. The quantitative estimate of drug-likeness (QED) is 0.238. The number of imide groups is 2. The fraction of sp³-hybridized carbons (Fsp3) is 0.500. The Kier molecular flexibility index (Phi) is 6.18. The molecule has 0 radical (unpaired) electrons. The van der Waals surface area contributed by atoms with Gasteiger partial charge in [0.25, 0.3) is 11.8 Å². The number of phenolic OH excluding ortho intramolecular Hbond substituents is 1. The summed E-state index contributed by atoms with van der Waals surface area (Å²) in [5.74, 6) is -5.07. The number of allylic oxidation sites excluding steroid dienone is 2. The van der Waals surface area contributed by atoms with E-state index in [9.17, 15) is 24.3 Å². The third kappa shape index (κ3) is 3.06. The molecular formula is C24H22BrCl3N2O6. The summed E-state index contributed by atoms with van der Waals surface area (Å²) in [7, 11) is 1.35. The number of aromatic hydroxyl groups is 1. The van der Waals surface area contributed by atoms with Gasteiger partial charge in [0.15, 0.2) is 21.2 Å². The molecule has 2 aliphatic heterocycles. The van der Waals surface area contributed by atoms with Crippen LogP contribution in [0.2, 0.25) is 5.02 Å². The van der Waals surface area contributed by atoms with Gasteiger partial charge < -0.3 is 9.84 Å². The van der Waals surface area contributed by atoms with E-state index in [4.69, 9.17) is 39.5 Å². The lowest BCUT2D eigenvalue weighted by Gasteiger charge is -2.50. The molecule has 3 fully saturated rings. The standard InChI is InChI=1S/C24H22BrCl3N2O6/c1-3-29-19(32)12-5-4-11-13(16(12)20(29)33)8-23(27)21(34)30(9-25)22(35)24(23,28)17(11)10-6-14(26)18(31)15(7-10)36-2/h4,6-7,12-13,16-17,31H,3,5,8-9H2,1-2H3. The van der Waals surface area contributed by atoms with Crippen molar-refractivity contribution in [2.75, 3.05) is 19.1 Å². The van der Waals surface area contributed by atoms with Gasteiger partial charge in [-0.05, 0) is 43.4 Å². The highest BCUT2D eigenvalue weighted by atomic mass is 79.9. The summed E-state index contributed by atoms with van der Waals surface area (Å²) >= 11 is 23.8. The fourth-order valence-electron chi connectivity index (χ4n) is 6.42. The monoisotopic (exact) mass is 618 g/mol. The molecule has 6 unspecified atom stereocenters. The number of likely N-dealkylation sites (tertiary alicyclic amines) is 2. The Labute approximate surface area is 230 Å². The Hall–Kier alpha value is -1.81. The number of nitrogens with zero attached hydrogens (tertiary/aromatic N) is 2. The first kappa shape index (κ1) is 25.8. The molecule has 0 spiro atoms. The summed E-state index contributed by atoms with van der Waals surface area (Å²) in [6.45, 7) is 1.97. The zero-order chi connectivity index (χ0) is 26.3. The Morgan fingerprint density at radius 2 is 1.81 bits per heavy atom. The maximum Gasteiger partial charge on any atom is 0.254 e. The van der Waals surface area contributed by atoms with Gasteiger partial charge in [-0.3, -0.25) is 29.0 Å². The molecule has 5 rings (SSSR count). The molecule has 1 saturated carbocycles. The first-order valence-corrected chi connectivity index (χ1v) is 13.6. The Bertz CT molecular complexity index is 1260. The smallest absolute Gasteiger partial charge is 0.254 e. The summed E-state index contributed by atoms with van der Waals surface area (Å²) in [5, 5.41) is 10.3. The van der Waals surface area contributed by atoms with Gasteiger partial charge in [-0.1, -0.05) is 39.2 Å². The molecule has 2 heterocycles. The normalized spacial score (nSPS) is 35.6. The average Bonchev–Trinajstić information content (AvgIpc) is 3.18. The summed E-state index contributed by atoms with van der Waals surface area (Å²) in [4.78, 5) is 52.0. The van der Waals surface area contributed by atoms with E-state index in [1.807, 2.05) is 6.08 Å². The van der Waals surface area contributed by atoms with E-state index in [0.29, 0.717) is 11.1 Å². The van der Waals surface area contributed by atoms with Crippen LogP contribution in [0.3, 0.4) is 0 Å². The molecule has 6 atom stereocenters. The molecule has 12 heteroatoms. The van der Waals surface area contributed by atoms with E-state index < -0.39 is 45.2 Å². The molecule has 2 saturated heterocycles. The first-order chi connectivity index (χ1) is 17.0. The number of hydrogen-bond acceptors (Lipinski definition) is 6. The second-order valence-electron chi connectivity index (χ2n) is 9.46. The molecule has 0 aromatic heterocycles. The van der Waals surface area contributed by atoms with Gasteiger partial charge in [0, 0.05) is 12.5 Å². The van der Waals surface area contributed by atoms with Crippen LogP contribution in [0.25, 0.3) is 0 Å². The topological polar surface area (TPSA) is 104 Å². The van der Waals surface area contributed by atoms with Crippen molar-refractivity contribution in [1.29, 1.82) is 0 Å². The van der Waals surface area contributed by atoms with Crippen molar-refractivity contribution in [3.63, 3.8) is 0 Å². The molecule has 2 aliphatic carbocycles. The SMILES string of the molecule is CCN1C(=O)C2CC=C3C(CC4(Cl)C(=O)N(CBr)C(=O)C4(Cl)C3c3cc(Cl)c(O)c(OC)c3)C2C1=O. The third-order valence-corrected chi connectivity index (χ3v) is 10.2. The van der Waals surface area contributed by atoms with Gasteiger partial charge in [0.1, 0.15) is 0 Å². The number of fused-ring (bicyclic) bond motifs is 4. The minimum atomic E-state index is -1.95. The Morgan fingerprint density at radius 1 is 1.11 bits per heavy atom. The molecular weight excluding hydrogens is 599 g/mol. The second-order valence-corrected chi connectivity index (χ2v) is 11.6. The van der Waals surface area contributed by atoms with E-state index in [-0.39, 0.29) is 53.2 Å². The Balaban J connectivity index is 1.77. The predicted octanol–water partition coefficient (Wildman–Crippen LogP) is 3.79. The second kappa shape index (κ2) is 8.61. The maximum atomic E-state index is 13.7. The lowest BCUT2D eigenvalue weighted by Crippen LogP contribution is -2.60. The number of carbonyl (C=O) groups excluding carboxylic acids is 4. The minimum absolute atomic E-state index is 0.0420. The van der Waals surface area contributed by atoms with Crippen LogP contribution in [0.15, 0.2) is 23.8 Å². The minimum Gasteiger partial charge on any atom is -0.503 e. The number of rotatable bonds is 4. The van der Waals surface area contributed by atoms with Crippen LogP contribution in [0, 0.1) is 17.8 Å². The van der Waals surface area contributed by atoms with E-state index in [1.165, 1.54) is 24.1 Å². The summed E-state index contributed by atoms with van der Waals surface area (Å²) in [5.41, 5.74) is 0.922. The predicted molar refractivity (Wildman–Crippen MR) is 135 cm³/mol. The molecule has 1 N–H and O–H groups in total. The summed E-state index contributed by atoms with van der Waals surface area (Å²) in [6.07, 6.45) is 2.03. The van der Waals surface area contributed by atoms with Crippen molar-refractivity contribution in [1.82, 2.24) is 9.80 Å². The van der Waals surface area contributed by atoms with Gasteiger partial charge in [-0.25, -0.2) is 0 Å².